The van der Waals surface area contributed by atoms with Crippen LogP contribution in [0.15, 0.2) is 16.9 Å². The Morgan fingerprint density at radius 1 is 1.15 bits per heavy atom. The quantitative estimate of drug-likeness (QED) is 0.464. The van der Waals surface area contributed by atoms with Crippen LogP contribution in [0.3, 0.4) is 0 Å². The molecule has 0 radical (unpaired) electrons. The van der Waals surface area contributed by atoms with Crippen molar-refractivity contribution in [3.8, 4) is 22.9 Å². The molecule has 176 valence electrons. The number of aryl methyl sites for hydroxylation is 2. The molecule has 0 bridgehead atoms. The molecule has 0 fully saturated rings. The third kappa shape index (κ3) is 2.66. The standard InChI is InChI=1S/C26H26N2O6/c1-4-6-7-14-15-10-28-19(8-17-16(24(28)29)11-32-25(30)26(17,31)5-2)22(15)27-18-9-20-23(34-12-33-20)13(3)21(14)18/h8-9,31H,4-7,10-12H2,1-3H3/t26-/m0/s1. The average molecular weight is 463 g/mol. The van der Waals surface area contributed by atoms with Crippen molar-refractivity contribution in [1.82, 2.24) is 9.55 Å². The van der Waals surface area contributed by atoms with Gasteiger partial charge in [-0.3, -0.25) is 4.79 Å². The highest BCUT2D eigenvalue weighted by molar-refractivity contribution is 5.94. The van der Waals surface area contributed by atoms with Gasteiger partial charge in [-0.2, -0.15) is 0 Å². The zero-order valence-corrected chi connectivity index (χ0v) is 19.5. The van der Waals surface area contributed by atoms with E-state index in [9.17, 15) is 14.7 Å². The number of hydrogen-bond donors (Lipinski definition) is 1. The van der Waals surface area contributed by atoms with Crippen LogP contribution in [0.4, 0.5) is 0 Å². The highest BCUT2D eigenvalue weighted by Gasteiger charge is 2.45. The van der Waals surface area contributed by atoms with E-state index in [0.717, 1.165) is 52.6 Å². The second-order valence-electron chi connectivity index (χ2n) is 9.25. The molecule has 1 atom stereocenters. The number of aromatic nitrogens is 2. The Balaban J connectivity index is 1.65. The molecule has 0 aliphatic carbocycles. The maximum Gasteiger partial charge on any atom is 0.343 e. The third-order valence-corrected chi connectivity index (χ3v) is 7.45. The summed E-state index contributed by atoms with van der Waals surface area (Å²) in [6.45, 7) is 6.33. The van der Waals surface area contributed by atoms with Crippen molar-refractivity contribution in [3.05, 3.63) is 50.3 Å². The smallest absolute Gasteiger partial charge is 0.343 e. The molecule has 3 aliphatic rings. The van der Waals surface area contributed by atoms with Crippen molar-refractivity contribution in [2.75, 3.05) is 6.79 Å². The Kier molecular flexibility index (Phi) is 4.55. The second-order valence-corrected chi connectivity index (χ2v) is 9.25. The number of nitrogens with zero attached hydrogens (tertiary/aromatic N) is 2. The molecule has 3 aliphatic heterocycles. The van der Waals surface area contributed by atoms with Crippen LogP contribution >= 0.6 is 0 Å². The normalized spacial score (nSPS) is 19.7. The number of hydrogen-bond acceptors (Lipinski definition) is 7. The van der Waals surface area contributed by atoms with Crippen molar-refractivity contribution >= 4 is 16.9 Å². The lowest BCUT2D eigenvalue weighted by molar-refractivity contribution is -0.172. The van der Waals surface area contributed by atoms with E-state index in [2.05, 4.69) is 6.92 Å². The van der Waals surface area contributed by atoms with Gasteiger partial charge >= 0.3 is 5.97 Å². The van der Waals surface area contributed by atoms with E-state index in [1.807, 2.05) is 13.0 Å². The van der Waals surface area contributed by atoms with Gasteiger partial charge in [-0.1, -0.05) is 20.3 Å². The van der Waals surface area contributed by atoms with Crippen molar-refractivity contribution in [3.63, 3.8) is 0 Å². The summed E-state index contributed by atoms with van der Waals surface area (Å²) in [6.07, 6.45) is 3.00. The average Bonchev–Trinajstić information content (AvgIpc) is 3.45. The molecule has 1 N–H and O–H groups in total. The van der Waals surface area contributed by atoms with E-state index in [1.54, 1.807) is 17.6 Å². The van der Waals surface area contributed by atoms with Gasteiger partial charge in [0.25, 0.3) is 5.56 Å². The van der Waals surface area contributed by atoms with Gasteiger partial charge in [-0.05, 0) is 37.8 Å². The third-order valence-electron chi connectivity index (χ3n) is 7.45. The van der Waals surface area contributed by atoms with E-state index in [-0.39, 0.29) is 25.4 Å². The summed E-state index contributed by atoms with van der Waals surface area (Å²) in [6, 6.07) is 3.66. The van der Waals surface area contributed by atoms with Crippen LogP contribution in [0.1, 0.15) is 60.9 Å². The number of carbonyl (C=O) groups excluding carboxylic acids is 1. The number of aliphatic hydroxyl groups is 1. The number of benzene rings is 1. The Hall–Kier alpha value is -3.39. The van der Waals surface area contributed by atoms with Gasteiger partial charge in [0.05, 0.1) is 29.0 Å². The first-order chi connectivity index (χ1) is 16.4. The maximum absolute atomic E-state index is 13.5. The van der Waals surface area contributed by atoms with Gasteiger partial charge in [0.15, 0.2) is 17.1 Å². The summed E-state index contributed by atoms with van der Waals surface area (Å²) in [5.41, 5.74) is 3.86. The maximum atomic E-state index is 13.5. The molecule has 1 aromatic carbocycles. The minimum Gasteiger partial charge on any atom is -0.458 e. The number of pyridine rings is 2. The van der Waals surface area contributed by atoms with Crippen molar-refractivity contribution < 1.29 is 24.1 Å². The molecule has 5 heterocycles. The predicted molar refractivity (Wildman–Crippen MR) is 124 cm³/mol. The molecule has 0 amide bonds. The Bertz CT molecular complexity index is 1460. The molecular weight excluding hydrogens is 436 g/mol. The highest BCUT2D eigenvalue weighted by atomic mass is 16.7. The zero-order valence-electron chi connectivity index (χ0n) is 19.5. The lowest BCUT2D eigenvalue weighted by Crippen LogP contribution is -2.44. The van der Waals surface area contributed by atoms with Crippen LogP contribution < -0.4 is 15.0 Å². The van der Waals surface area contributed by atoms with E-state index in [0.29, 0.717) is 34.8 Å². The summed E-state index contributed by atoms with van der Waals surface area (Å²) in [7, 11) is 0. The van der Waals surface area contributed by atoms with Crippen molar-refractivity contribution in [2.24, 2.45) is 0 Å². The van der Waals surface area contributed by atoms with Crippen LogP contribution in [0, 0.1) is 6.92 Å². The van der Waals surface area contributed by atoms with Crippen LogP contribution in [0.5, 0.6) is 11.5 Å². The van der Waals surface area contributed by atoms with E-state index in [4.69, 9.17) is 19.2 Å². The molecule has 0 spiro atoms. The first-order valence-electron chi connectivity index (χ1n) is 11.8. The topological polar surface area (TPSA) is 99.9 Å². The largest absolute Gasteiger partial charge is 0.458 e. The van der Waals surface area contributed by atoms with Crippen LogP contribution in [-0.2, 0) is 34.7 Å². The summed E-state index contributed by atoms with van der Waals surface area (Å²) in [4.78, 5) is 31.0. The Labute approximate surface area is 196 Å². The summed E-state index contributed by atoms with van der Waals surface area (Å²) in [5, 5.41) is 12.2. The van der Waals surface area contributed by atoms with E-state index < -0.39 is 11.6 Å². The Morgan fingerprint density at radius 2 is 1.97 bits per heavy atom. The molecule has 8 nitrogen and oxygen atoms in total. The summed E-state index contributed by atoms with van der Waals surface area (Å²) in [5.74, 6) is 0.699. The number of unbranched alkanes of at least 4 members (excludes halogenated alkanes) is 1. The molecule has 0 saturated carbocycles. The van der Waals surface area contributed by atoms with Crippen LogP contribution in [-0.4, -0.2) is 27.4 Å². The fourth-order valence-corrected chi connectivity index (χ4v) is 5.56. The van der Waals surface area contributed by atoms with Crippen LogP contribution in [0.2, 0.25) is 0 Å². The molecule has 2 aromatic heterocycles. The number of rotatable bonds is 4. The molecule has 0 saturated heterocycles. The van der Waals surface area contributed by atoms with Gasteiger partial charge in [-0.15, -0.1) is 0 Å². The Morgan fingerprint density at radius 3 is 2.74 bits per heavy atom. The first-order valence-corrected chi connectivity index (χ1v) is 11.8. The number of carbonyl (C=O) groups is 1. The number of ether oxygens (including phenoxy) is 3. The minimum absolute atomic E-state index is 0.115. The summed E-state index contributed by atoms with van der Waals surface area (Å²) >= 11 is 0. The lowest BCUT2D eigenvalue weighted by Gasteiger charge is -2.31. The van der Waals surface area contributed by atoms with Crippen LogP contribution in [0.25, 0.3) is 22.3 Å². The number of fused-ring (bicyclic) bond motifs is 6. The van der Waals surface area contributed by atoms with E-state index >= 15 is 0 Å². The van der Waals surface area contributed by atoms with E-state index in [1.165, 1.54) is 0 Å². The molecule has 6 rings (SSSR count). The monoisotopic (exact) mass is 462 g/mol. The molecular formula is C26H26N2O6. The number of esters is 1. The van der Waals surface area contributed by atoms with Gasteiger partial charge in [0.1, 0.15) is 6.61 Å². The van der Waals surface area contributed by atoms with Gasteiger partial charge in [0.2, 0.25) is 6.79 Å². The van der Waals surface area contributed by atoms with Gasteiger partial charge in [0, 0.05) is 28.1 Å². The second kappa shape index (κ2) is 7.30. The first kappa shape index (κ1) is 21.2. The molecule has 34 heavy (non-hydrogen) atoms. The fourth-order valence-electron chi connectivity index (χ4n) is 5.56. The minimum atomic E-state index is -1.84. The molecule has 3 aromatic rings. The zero-order chi connectivity index (χ0) is 23.8. The number of cyclic esters (lactones) is 1. The van der Waals surface area contributed by atoms with Crippen molar-refractivity contribution in [2.45, 2.75) is 65.2 Å². The van der Waals surface area contributed by atoms with Gasteiger partial charge < -0.3 is 23.9 Å². The van der Waals surface area contributed by atoms with Gasteiger partial charge in [-0.25, -0.2) is 9.78 Å². The summed E-state index contributed by atoms with van der Waals surface area (Å²) < 4.78 is 18.2. The molecule has 0 unspecified atom stereocenters. The molecule has 8 heteroatoms. The predicted octanol–water partition coefficient (Wildman–Crippen LogP) is 3.46. The van der Waals surface area contributed by atoms with Crippen molar-refractivity contribution in [1.29, 1.82) is 0 Å². The highest BCUT2D eigenvalue weighted by Crippen LogP contribution is 2.45. The SMILES string of the molecule is CCCCc1c2c(nc3cc4c(c(C)c13)OCO4)-c1cc3c(c(=O)n1C2)COC(=O)[C@]3(O)CC. The fraction of sp³-hybridized carbons (Fsp3) is 0.423. The lowest BCUT2D eigenvalue weighted by atomic mass is 9.86.